The Labute approximate surface area is 120 Å². The van der Waals surface area contributed by atoms with Gasteiger partial charge in [-0.25, -0.2) is 0 Å². The van der Waals surface area contributed by atoms with Crippen molar-refractivity contribution in [3.05, 3.63) is 34.3 Å². The van der Waals surface area contributed by atoms with Crippen LogP contribution in [-0.4, -0.2) is 21.9 Å². The van der Waals surface area contributed by atoms with Crippen LogP contribution in [0.1, 0.15) is 16.1 Å². The zero-order chi connectivity index (χ0) is 13.8. The Morgan fingerprint density at radius 1 is 1.26 bits per heavy atom. The second-order valence-corrected chi connectivity index (χ2v) is 6.63. The lowest BCUT2D eigenvalue weighted by Gasteiger charge is -2.06. The highest BCUT2D eigenvalue weighted by Crippen LogP contribution is 2.22. The third kappa shape index (κ3) is 4.04. The number of nitrogens with zero attached hydrogens (tertiary/aromatic N) is 2. The van der Waals surface area contributed by atoms with Gasteiger partial charge in [0.05, 0.1) is 5.75 Å². The van der Waals surface area contributed by atoms with E-state index in [1.807, 2.05) is 32.0 Å². The topological polar surface area (TPSA) is 54.9 Å². The maximum atomic E-state index is 11.8. The predicted octanol–water partition coefficient (Wildman–Crippen LogP) is 3.19. The summed E-state index contributed by atoms with van der Waals surface area (Å²) in [6.45, 7) is 5.98. The number of anilines is 1. The highest BCUT2D eigenvalue weighted by Gasteiger charge is 2.07. The minimum Gasteiger partial charge on any atom is -0.325 e. The van der Waals surface area contributed by atoms with Gasteiger partial charge in [-0.2, -0.15) is 0 Å². The summed E-state index contributed by atoms with van der Waals surface area (Å²) in [4.78, 5) is 11.8. The Kier molecular flexibility index (Phi) is 4.55. The minimum absolute atomic E-state index is 0.0268. The summed E-state index contributed by atoms with van der Waals surface area (Å²) in [6.07, 6.45) is 0. The number of thioether (sulfide) groups is 1. The van der Waals surface area contributed by atoms with Crippen LogP contribution >= 0.6 is 23.1 Å². The average Bonchev–Trinajstić information content (AvgIpc) is 2.77. The smallest absolute Gasteiger partial charge is 0.234 e. The number of rotatable bonds is 4. The molecule has 0 aliphatic rings. The number of aryl methyl sites for hydroxylation is 3. The summed E-state index contributed by atoms with van der Waals surface area (Å²) >= 11 is 2.91. The molecule has 0 saturated heterocycles. The Bertz CT molecular complexity index is 595. The van der Waals surface area contributed by atoms with E-state index in [4.69, 9.17) is 0 Å². The zero-order valence-electron chi connectivity index (χ0n) is 11.1. The van der Waals surface area contributed by atoms with Gasteiger partial charge < -0.3 is 5.32 Å². The number of benzene rings is 1. The fourth-order valence-corrected chi connectivity index (χ4v) is 3.10. The van der Waals surface area contributed by atoms with Crippen LogP contribution in [-0.2, 0) is 4.79 Å². The lowest BCUT2D eigenvalue weighted by Crippen LogP contribution is -2.14. The lowest BCUT2D eigenvalue weighted by atomic mass is 10.1. The van der Waals surface area contributed by atoms with Crippen LogP contribution in [0.3, 0.4) is 0 Å². The standard InChI is InChI=1S/C13H15N3OS2/c1-8-4-5-11(6-9(8)2)14-12(17)7-18-13-16-15-10(3)19-13/h4-6H,7H2,1-3H3,(H,14,17). The zero-order valence-corrected chi connectivity index (χ0v) is 12.7. The molecule has 1 N–H and O–H groups in total. The lowest BCUT2D eigenvalue weighted by molar-refractivity contribution is -0.113. The van der Waals surface area contributed by atoms with Gasteiger partial charge in [-0.05, 0) is 44.0 Å². The molecule has 0 radical (unpaired) electrons. The van der Waals surface area contributed by atoms with E-state index in [1.54, 1.807) is 0 Å². The van der Waals surface area contributed by atoms with E-state index >= 15 is 0 Å². The number of carbonyl (C=O) groups is 1. The molecule has 2 rings (SSSR count). The second-order valence-electron chi connectivity index (χ2n) is 4.22. The van der Waals surface area contributed by atoms with Crippen LogP contribution in [0, 0.1) is 20.8 Å². The van der Waals surface area contributed by atoms with Gasteiger partial charge in [-0.1, -0.05) is 29.2 Å². The number of amides is 1. The van der Waals surface area contributed by atoms with Crippen molar-refractivity contribution in [3.8, 4) is 0 Å². The first-order chi connectivity index (χ1) is 9.04. The SMILES string of the molecule is Cc1nnc(SCC(=O)Nc2ccc(C)c(C)c2)s1. The molecule has 1 amide bonds. The first-order valence-electron chi connectivity index (χ1n) is 5.84. The molecular weight excluding hydrogens is 278 g/mol. The molecular formula is C13H15N3OS2. The number of hydrogen-bond acceptors (Lipinski definition) is 5. The number of nitrogens with one attached hydrogen (secondary N) is 1. The van der Waals surface area contributed by atoms with Crippen molar-refractivity contribution in [1.29, 1.82) is 0 Å². The van der Waals surface area contributed by atoms with E-state index in [2.05, 4.69) is 22.4 Å². The first-order valence-corrected chi connectivity index (χ1v) is 7.65. The second kappa shape index (κ2) is 6.16. The van der Waals surface area contributed by atoms with Crippen LogP contribution in [0.15, 0.2) is 22.5 Å². The molecule has 0 bridgehead atoms. The summed E-state index contributed by atoms with van der Waals surface area (Å²) < 4.78 is 0.827. The third-order valence-electron chi connectivity index (χ3n) is 2.62. The van der Waals surface area contributed by atoms with Gasteiger partial charge in [-0.3, -0.25) is 4.79 Å². The molecule has 100 valence electrons. The fourth-order valence-electron chi connectivity index (χ4n) is 1.48. The highest BCUT2D eigenvalue weighted by atomic mass is 32.2. The first kappa shape index (κ1) is 14.0. The molecule has 0 spiro atoms. The minimum atomic E-state index is -0.0268. The Hall–Kier alpha value is -1.40. The van der Waals surface area contributed by atoms with Gasteiger partial charge in [0, 0.05) is 5.69 Å². The van der Waals surface area contributed by atoms with Crippen molar-refractivity contribution in [2.45, 2.75) is 25.1 Å². The van der Waals surface area contributed by atoms with Gasteiger partial charge >= 0.3 is 0 Å². The summed E-state index contributed by atoms with van der Waals surface area (Å²) in [5, 5.41) is 11.7. The average molecular weight is 293 g/mol. The van der Waals surface area contributed by atoms with Gasteiger partial charge in [-0.15, -0.1) is 10.2 Å². The van der Waals surface area contributed by atoms with Crippen molar-refractivity contribution in [2.75, 3.05) is 11.1 Å². The van der Waals surface area contributed by atoms with Crippen molar-refractivity contribution in [3.63, 3.8) is 0 Å². The molecule has 2 aromatic rings. The molecule has 4 nitrogen and oxygen atoms in total. The molecule has 1 heterocycles. The van der Waals surface area contributed by atoms with Gasteiger partial charge in [0.25, 0.3) is 0 Å². The number of aromatic nitrogens is 2. The normalized spacial score (nSPS) is 10.5. The van der Waals surface area contributed by atoms with Gasteiger partial charge in [0.2, 0.25) is 5.91 Å². The van der Waals surface area contributed by atoms with Crippen molar-refractivity contribution >= 4 is 34.7 Å². The maximum absolute atomic E-state index is 11.8. The van der Waals surface area contributed by atoms with Crippen molar-refractivity contribution in [1.82, 2.24) is 10.2 Å². The van der Waals surface area contributed by atoms with Crippen LogP contribution < -0.4 is 5.32 Å². The Balaban J connectivity index is 1.88. The highest BCUT2D eigenvalue weighted by molar-refractivity contribution is 8.01. The molecule has 1 aromatic carbocycles. The van der Waals surface area contributed by atoms with Crippen molar-refractivity contribution < 1.29 is 4.79 Å². The maximum Gasteiger partial charge on any atom is 0.234 e. The van der Waals surface area contributed by atoms with E-state index in [9.17, 15) is 4.79 Å². The van der Waals surface area contributed by atoms with Gasteiger partial charge in [0.15, 0.2) is 4.34 Å². The summed E-state index contributed by atoms with van der Waals surface area (Å²) in [7, 11) is 0. The largest absolute Gasteiger partial charge is 0.325 e. The Morgan fingerprint density at radius 3 is 2.68 bits per heavy atom. The molecule has 0 saturated carbocycles. The summed E-state index contributed by atoms with van der Waals surface area (Å²) in [5.74, 6) is 0.322. The third-order valence-corrected chi connectivity index (χ3v) is 4.60. The fraction of sp³-hybridized carbons (Fsp3) is 0.308. The molecule has 19 heavy (non-hydrogen) atoms. The Morgan fingerprint density at radius 2 is 2.05 bits per heavy atom. The molecule has 0 aliphatic heterocycles. The molecule has 0 aliphatic carbocycles. The number of carbonyl (C=O) groups excluding carboxylic acids is 1. The number of hydrogen-bond donors (Lipinski definition) is 1. The molecule has 1 aromatic heterocycles. The molecule has 6 heteroatoms. The van der Waals surface area contributed by atoms with Crippen molar-refractivity contribution in [2.24, 2.45) is 0 Å². The molecule has 0 atom stereocenters. The molecule has 0 fully saturated rings. The van der Waals surface area contributed by atoms with E-state index in [0.29, 0.717) is 5.75 Å². The van der Waals surface area contributed by atoms with Gasteiger partial charge in [0.1, 0.15) is 5.01 Å². The van der Waals surface area contributed by atoms with E-state index in [0.717, 1.165) is 15.0 Å². The van der Waals surface area contributed by atoms with E-state index in [-0.39, 0.29) is 5.91 Å². The van der Waals surface area contributed by atoms with Crippen LogP contribution in [0.5, 0.6) is 0 Å². The van der Waals surface area contributed by atoms with E-state index < -0.39 is 0 Å². The van der Waals surface area contributed by atoms with Crippen LogP contribution in [0.25, 0.3) is 0 Å². The molecule has 0 unspecified atom stereocenters. The quantitative estimate of drug-likeness (QED) is 0.880. The summed E-state index contributed by atoms with van der Waals surface area (Å²) in [6, 6.07) is 5.90. The van der Waals surface area contributed by atoms with Crippen LogP contribution in [0.2, 0.25) is 0 Å². The summed E-state index contributed by atoms with van der Waals surface area (Å²) in [5.41, 5.74) is 3.23. The van der Waals surface area contributed by atoms with Crippen LogP contribution in [0.4, 0.5) is 5.69 Å². The monoisotopic (exact) mass is 293 g/mol. The van der Waals surface area contributed by atoms with E-state index in [1.165, 1.54) is 34.2 Å². The predicted molar refractivity (Wildman–Crippen MR) is 79.9 cm³/mol.